The highest BCUT2D eigenvalue weighted by Crippen LogP contribution is 2.44. The van der Waals surface area contributed by atoms with Gasteiger partial charge in [-0.05, 0) is 48.6 Å². The van der Waals surface area contributed by atoms with Crippen molar-refractivity contribution in [1.82, 2.24) is 10.3 Å². The zero-order valence-corrected chi connectivity index (χ0v) is 16.9. The monoisotopic (exact) mass is 367 g/mol. The summed E-state index contributed by atoms with van der Waals surface area (Å²) in [5.74, 6) is 1.41. The fraction of sp³-hybridized carbons (Fsp3) is 0.500. The summed E-state index contributed by atoms with van der Waals surface area (Å²) in [6.07, 6.45) is 1.98. The second kappa shape index (κ2) is 6.50. The summed E-state index contributed by atoms with van der Waals surface area (Å²) in [7, 11) is 0. The van der Waals surface area contributed by atoms with Crippen molar-refractivity contribution in [3.05, 3.63) is 47.7 Å². The average Bonchev–Trinajstić information content (AvgIpc) is 3.18. The molecule has 5 heteroatoms. The van der Waals surface area contributed by atoms with E-state index in [0.29, 0.717) is 12.5 Å². The van der Waals surface area contributed by atoms with Crippen molar-refractivity contribution in [3.63, 3.8) is 0 Å². The molecule has 0 radical (unpaired) electrons. The Hall–Kier alpha value is -2.11. The second-order valence-corrected chi connectivity index (χ2v) is 9.29. The number of fused-ring (bicyclic) bond motifs is 1. The first-order valence-corrected chi connectivity index (χ1v) is 9.60. The first-order valence-electron chi connectivity index (χ1n) is 9.60. The molecule has 0 saturated carbocycles. The van der Waals surface area contributed by atoms with E-state index in [4.69, 9.17) is 9.47 Å². The lowest BCUT2D eigenvalue weighted by Gasteiger charge is -2.27. The van der Waals surface area contributed by atoms with E-state index < -0.39 is 0 Å². The van der Waals surface area contributed by atoms with E-state index in [1.165, 1.54) is 11.1 Å². The number of hydrogen-bond acceptors (Lipinski definition) is 5. The van der Waals surface area contributed by atoms with Gasteiger partial charge in [0, 0.05) is 18.2 Å². The van der Waals surface area contributed by atoms with Crippen LogP contribution in [0.25, 0.3) is 0 Å². The molecule has 1 aromatic carbocycles. The normalized spacial score (nSPS) is 21.4. The molecular formula is C22H29N3O2. The maximum absolute atomic E-state index is 6.02. The van der Waals surface area contributed by atoms with Crippen molar-refractivity contribution in [3.8, 4) is 11.6 Å². The summed E-state index contributed by atoms with van der Waals surface area (Å²) in [4.78, 5) is 6.79. The van der Waals surface area contributed by atoms with Crippen LogP contribution in [0.15, 0.2) is 36.5 Å². The number of nitrogens with one attached hydrogen (secondary N) is 1. The molecule has 0 spiro atoms. The van der Waals surface area contributed by atoms with Gasteiger partial charge in [-0.25, -0.2) is 4.98 Å². The number of rotatable bonds is 3. The highest BCUT2D eigenvalue weighted by Gasteiger charge is 2.33. The van der Waals surface area contributed by atoms with Crippen LogP contribution in [-0.4, -0.2) is 23.7 Å². The Labute approximate surface area is 161 Å². The molecule has 1 saturated heterocycles. The zero-order valence-electron chi connectivity index (χ0n) is 16.9. The Kier molecular flexibility index (Phi) is 4.40. The van der Waals surface area contributed by atoms with E-state index in [2.05, 4.69) is 68.0 Å². The number of ether oxygens (including phenoxy) is 2. The van der Waals surface area contributed by atoms with Crippen molar-refractivity contribution < 1.29 is 9.47 Å². The van der Waals surface area contributed by atoms with E-state index in [9.17, 15) is 0 Å². The quantitative estimate of drug-likeness (QED) is 0.856. The minimum absolute atomic E-state index is 0.0569. The minimum Gasteiger partial charge on any atom is -0.439 e. The third-order valence-corrected chi connectivity index (χ3v) is 5.23. The lowest BCUT2D eigenvalue weighted by atomic mass is 9.84. The highest BCUT2D eigenvalue weighted by molar-refractivity contribution is 5.48. The molecule has 144 valence electrons. The molecule has 1 N–H and O–H groups in total. The van der Waals surface area contributed by atoms with Gasteiger partial charge < -0.3 is 14.4 Å². The van der Waals surface area contributed by atoms with Gasteiger partial charge in [0.15, 0.2) is 0 Å². The molecule has 2 aromatic rings. The summed E-state index contributed by atoms with van der Waals surface area (Å²) < 4.78 is 12.0. The number of aromatic nitrogens is 1. The van der Waals surface area contributed by atoms with E-state index >= 15 is 0 Å². The fourth-order valence-electron chi connectivity index (χ4n) is 3.81. The predicted molar refractivity (Wildman–Crippen MR) is 107 cm³/mol. The van der Waals surface area contributed by atoms with Crippen LogP contribution in [0.1, 0.15) is 51.8 Å². The van der Waals surface area contributed by atoms with Crippen molar-refractivity contribution in [2.45, 2.75) is 52.9 Å². The van der Waals surface area contributed by atoms with Crippen LogP contribution in [0, 0.1) is 5.41 Å². The maximum Gasteiger partial charge on any atom is 0.219 e. The standard InChI is InChI=1S/C22H29N3O2/c1-21(2,3)20-18-10-17(8-6-15(18)12-26-20)27-19-9-7-16(11-23-19)25-13-22(4,5)24-14-25/h6-11,20,24H,12-14H2,1-5H3. The molecule has 4 rings (SSSR count). The Morgan fingerprint density at radius 3 is 2.67 bits per heavy atom. The third-order valence-electron chi connectivity index (χ3n) is 5.23. The summed E-state index contributed by atoms with van der Waals surface area (Å²) >= 11 is 0. The van der Waals surface area contributed by atoms with Gasteiger partial charge in [0.25, 0.3) is 0 Å². The van der Waals surface area contributed by atoms with Gasteiger partial charge in [-0.15, -0.1) is 0 Å². The van der Waals surface area contributed by atoms with E-state index in [0.717, 1.165) is 24.7 Å². The summed E-state index contributed by atoms with van der Waals surface area (Å²) in [6.45, 7) is 13.5. The topological polar surface area (TPSA) is 46.6 Å². The molecule has 2 aliphatic rings. The number of pyridine rings is 1. The molecule has 0 bridgehead atoms. The Morgan fingerprint density at radius 1 is 1.22 bits per heavy atom. The number of hydrogen-bond donors (Lipinski definition) is 1. The highest BCUT2D eigenvalue weighted by atomic mass is 16.5. The van der Waals surface area contributed by atoms with Crippen molar-refractivity contribution in [2.75, 3.05) is 18.1 Å². The van der Waals surface area contributed by atoms with Gasteiger partial charge in [-0.3, -0.25) is 5.32 Å². The predicted octanol–water partition coefficient (Wildman–Crippen LogP) is 4.64. The number of nitrogens with zero attached hydrogens (tertiary/aromatic N) is 2. The second-order valence-electron chi connectivity index (χ2n) is 9.29. The van der Waals surface area contributed by atoms with Crippen molar-refractivity contribution in [1.29, 1.82) is 0 Å². The molecule has 0 aliphatic carbocycles. The van der Waals surface area contributed by atoms with Gasteiger partial charge in [0.2, 0.25) is 5.88 Å². The fourth-order valence-corrected chi connectivity index (χ4v) is 3.81. The smallest absolute Gasteiger partial charge is 0.219 e. The van der Waals surface area contributed by atoms with Crippen LogP contribution in [0.5, 0.6) is 11.6 Å². The lowest BCUT2D eigenvalue weighted by molar-refractivity contribution is -0.00793. The average molecular weight is 367 g/mol. The van der Waals surface area contributed by atoms with Crippen molar-refractivity contribution in [2.24, 2.45) is 5.41 Å². The first kappa shape index (κ1) is 18.3. The van der Waals surface area contributed by atoms with Crippen LogP contribution >= 0.6 is 0 Å². The number of benzene rings is 1. The number of anilines is 1. The summed E-state index contributed by atoms with van der Waals surface area (Å²) in [5, 5.41) is 3.49. The minimum atomic E-state index is 0.0569. The summed E-state index contributed by atoms with van der Waals surface area (Å²) in [5.41, 5.74) is 3.76. The largest absolute Gasteiger partial charge is 0.439 e. The Morgan fingerprint density at radius 2 is 2.04 bits per heavy atom. The Balaban J connectivity index is 1.49. The third kappa shape index (κ3) is 3.80. The molecule has 1 fully saturated rings. The maximum atomic E-state index is 6.02. The molecule has 0 amide bonds. The van der Waals surface area contributed by atoms with Gasteiger partial charge in [-0.1, -0.05) is 26.8 Å². The zero-order chi connectivity index (χ0) is 19.2. The first-order chi connectivity index (χ1) is 12.7. The van der Waals surface area contributed by atoms with Crippen LogP contribution in [0.4, 0.5) is 5.69 Å². The van der Waals surface area contributed by atoms with Gasteiger partial charge in [-0.2, -0.15) is 0 Å². The van der Waals surface area contributed by atoms with Crippen LogP contribution in [0.2, 0.25) is 0 Å². The van der Waals surface area contributed by atoms with Gasteiger partial charge in [0.1, 0.15) is 5.75 Å². The molecular weight excluding hydrogens is 338 g/mol. The van der Waals surface area contributed by atoms with Crippen molar-refractivity contribution >= 4 is 5.69 Å². The van der Waals surface area contributed by atoms with E-state index in [1.807, 2.05) is 18.3 Å². The van der Waals surface area contributed by atoms with Crippen LogP contribution in [0.3, 0.4) is 0 Å². The lowest BCUT2D eigenvalue weighted by Crippen LogP contribution is -2.34. The summed E-state index contributed by atoms with van der Waals surface area (Å²) in [6, 6.07) is 10.2. The molecule has 1 aromatic heterocycles. The molecule has 27 heavy (non-hydrogen) atoms. The molecule has 2 aliphatic heterocycles. The molecule has 1 atom stereocenters. The molecule has 3 heterocycles. The van der Waals surface area contributed by atoms with Crippen LogP contribution in [-0.2, 0) is 11.3 Å². The van der Waals surface area contributed by atoms with E-state index in [-0.39, 0.29) is 17.1 Å². The Bertz CT molecular complexity index is 824. The molecule has 1 unspecified atom stereocenters. The van der Waals surface area contributed by atoms with Gasteiger partial charge in [0.05, 0.1) is 31.3 Å². The van der Waals surface area contributed by atoms with Crippen LogP contribution < -0.4 is 15.0 Å². The molecule has 5 nitrogen and oxygen atoms in total. The SMILES string of the molecule is CC1(C)CN(c2ccc(Oc3ccc4c(c3)C(C(C)(C)C)OC4)nc2)CN1. The van der Waals surface area contributed by atoms with Gasteiger partial charge >= 0.3 is 0 Å². The van der Waals surface area contributed by atoms with E-state index in [1.54, 1.807) is 0 Å².